The fourth-order valence-electron chi connectivity index (χ4n) is 1.23. The van der Waals surface area contributed by atoms with E-state index in [9.17, 15) is 0 Å². The van der Waals surface area contributed by atoms with Crippen molar-refractivity contribution >= 4 is 31.9 Å². The van der Waals surface area contributed by atoms with Crippen LogP contribution < -0.4 is 0 Å². The molecule has 2 rings (SSSR count). The molecule has 0 radical (unpaired) electrons. The molecule has 0 aliphatic heterocycles. The summed E-state index contributed by atoms with van der Waals surface area (Å²) < 4.78 is 3.43. The van der Waals surface area contributed by atoms with Gasteiger partial charge < -0.3 is 0 Å². The predicted molar refractivity (Wildman–Crippen MR) is 63.7 cm³/mol. The lowest BCUT2D eigenvalue weighted by Gasteiger charge is -2.03. The van der Waals surface area contributed by atoms with Crippen molar-refractivity contribution in [3.63, 3.8) is 0 Å². The van der Waals surface area contributed by atoms with Crippen molar-refractivity contribution in [1.29, 1.82) is 5.26 Å². The molecule has 0 amide bonds. The minimum Gasteiger partial charge on any atom is -0.238 e. The zero-order chi connectivity index (χ0) is 10.8. The molecule has 0 saturated heterocycles. The number of hydrogen-bond acceptors (Lipinski definition) is 2. The zero-order valence-electron chi connectivity index (χ0n) is 7.48. The van der Waals surface area contributed by atoms with Crippen LogP contribution >= 0.6 is 31.9 Å². The van der Waals surface area contributed by atoms with Crippen molar-refractivity contribution < 1.29 is 0 Å². The first-order valence-electron chi connectivity index (χ1n) is 4.11. The number of hydrogen-bond donors (Lipinski definition) is 0. The highest BCUT2D eigenvalue weighted by atomic mass is 79.9. The van der Waals surface area contributed by atoms with E-state index in [1.807, 2.05) is 18.3 Å². The van der Waals surface area contributed by atoms with Crippen LogP contribution in [0.3, 0.4) is 0 Å². The largest absolute Gasteiger partial charge is 0.238 e. The SMILES string of the molecule is N#Cc1cc(Br)ccc1-n1cc(Br)cn1. The van der Waals surface area contributed by atoms with Gasteiger partial charge in [0.2, 0.25) is 0 Å². The molecular formula is C10H5Br2N3. The average Bonchev–Trinajstić information content (AvgIpc) is 2.64. The van der Waals surface area contributed by atoms with Gasteiger partial charge in [-0.05, 0) is 34.1 Å². The van der Waals surface area contributed by atoms with Crippen molar-refractivity contribution in [2.24, 2.45) is 0 Å². The Bertz CT molecular complexity index is 540. The lowest BCUT2D eigenvalue weighted by molar-refractivity contribution is 0.877. The van der Waals surface area contributed by atoms with Crippen LogP contribution in [0.2, 0.25) is 0 Å². The van der Waals surface area contributed by atoms with E-state index in [4.69, 9.17) is 5.26 Å². The molecule has 74 valence electrons. The second kappa shape index (κ2) is 4.17. The maximum atomic E-state index is 8.99. The van der Waals surface area contributed by atoms with E-state index in [1.165, 1.54) is 0 Å². The van der Waals surface area contributed by atoms with E-state index >= 15 is 0 Å². The summed E-state index contributed by atoms with van der Waals surface area (Å²) in [6.45, 7) is 0. The fraction of sp³-hybridized carbons (Fsp3) is 0. The number of nitrogens with zero attached hydrogens (tertiary/aromatic N) is 3. The first-order chi connectivity index (χ1) is 7.20. The Kier molecular flexibility index (Phi) is 2.89. The van der Waals surface area contributed by atoms with Crippen LogP contribution in [0, 0.1) is 11.3 Å². The highest BCUT2D eigenvalue weighted by Gasteiger charge is 2.05. The lowest BCUT2D eigenvalue weighted by Crippen LogP contribution is -1.97. The number of benzene rings is 1. The Morgan fingerprint density at radius 1 is 1.27 bits per heavy atom. The Morgan fingerprint density at radius 2 is 2.07 bits per heavy atom. The van der Waals surface area contributed by atoms with Crippen molar-refractivity contribution in [2.45, 2.75) is 0 Å². The van der Waals surface area contributed by atoms with Gasteiger partial charge in [0.25, 0.3) is 0 Å². The molecular weight excluding hydrogens is 322 g/mol. The minimum atomic E-state index is 0.583. The third-order valence-corrected chi connectivity index (χ3v) is 2.78. The lowest BCUT2D eigenvalue weighted by atomic mass is 10.2. The van der Waals surface area contributed by atoms with Crippen LogP contribution in [0.4, 0.5) is 0 Å². The van der Waals surface area contributed by atoms with Crippen molar-refractivity contribution in [3.05, 3.63) is 45.1 Å². The summed E-state index contributed by atoms with van der Waals surface area (Å²) >= 11 is 6.64. The van der Waals surface area contributed by atoms with Crippen LogP contribution in [0.25, 0.3) is 5.69 Å². The van der Waals surface area contributed by atoms with Gasteiger partial charge in [0.15, 0.2) is 0 Å². The topological polar surface area (TPSA) is 41.6 Å². The second-order valence-corrected chi connectivity index (χ2v) is 4.71. The van der Waals surface area contributed by atoms with Gasteiger partial charge in [-0.25, -0.2) is 4.68 Å². The van der Waals surface area contributed by atoms with E-state index < -0.39 is 0 Å². The quantitative estimate of drug-likeness (QED) is 0.807. The molecule has 0 aliphatic carbocycles. The number of rotatable bonds is 1. The van der Waals surface area contributed by atoms with Gasteiger partial charge in [-0.3, -0.25) is 0 Å². The minimum absolute atomic E-state index is 0.583. The molecule has 0 bridgehead atoms. The van der Waals surface area contributed by atoms with Crippen molar-refractivity contribution in [3.8, 4) is 11.8 Å². The average molecular weight is 327 g/mol. The van der Waals surface area contributed by atoms with Crippen LogP contribution in [0.5, 0.6) is 0 Å². The maximum Gasteiger partial charge on any atom is 0.101 e. The smallest absolute Gasteiger partial charge is 0.101 e. The Morgan fingerprint density at radius 3 is 2.67 bits per heavy atom. The molecule has 1 heterocycles. The van der Waals surface area contributed by atoms with Gasteiger partial charge in [0.1, 0.15) is 6.07 Å². The third-order valence-electron chi connectivity index (χ3n) is 1.88. The van der Waals surface area contributed by atoms with Crippen LogP contribution in [-0.4, -0.2) is 9.78 Å². The van der Waals surface area contributed by atoms with Gasteiger partial charge >= 0.3 is 0 Å². The number of aromatic nitrogens is 2. The van der Waals surface area contributed by atoms with E-state index in [0.717, 1.165) is 14.6 Å². The molecule has 1 aromatic carbocycles. The van der Waals surface area contributed by atoms with Crippen molar-refractivity contribution in [2.75, 3.05) is 0 Å². The van der Waals surface area contributed by atoms with Crippen LogP contribution in [-0.2, 0) is 0 Å². The molecule has 3 nitrogen and oxygen atoms in total. The summed E-state index contributed by atoms with van der Waals surface area (Å²) in [5.74, 6) is 0. The summed E-state index contributed by atoms with van der Waals surface area (Å²) in [7, 11) is 0. The van der Waals surface area contributed by atoms with E-state index in [-0.39, 0.29) is 0 Å². The molecule has 0 fully saturated rings. The zero-order valence-corrected chi connectivity index (χ0v) is 10.7. The van der Waals surface area contributed by atoms with Crippen LogP contribution in [0.15, 0.2) is 39.5 Å². The molecule has 1 aromatic heterocycles. The number of halogens is 2. The third kappa shape index (κ3) is 2.11. The summed E-state index contributed by atoms with van der Waals surface area (Å²) in [6.07, 6.45) is 3.49. The standard InChI is InChI=1S/C10H5Br2N3/c11-8-1-2-10(7(3-8)4-13)15-6-9(12)5-14-15/h1-3,5-6H. The summed E-state index contributed by atoms with van der Waals surface area (Å²) in [4.78, 5) is 0. The fourth-order valence-corrected chi connectivity index (χ4v) is 1.88. The highest BCUT2D eigenvalue weighted by molar-refractivity contribution is 9.10. The Balaban J connectivity index is 2.58. The Hall–Kier alpha value is -1.12. The molecule has 0 saturated carbocycles. The molecule has 0 atom stereocenters. The van der Waals surface area contributed by atoms with Crippen molar-refractivity contribution in [1.82, 2.24) is 9.78 Å². The van der Waals surface area contributed by atoms with Gasteiger partial charge in [0.05, 0.1) is 21.9 Å². The monoisotopic (exact) mass is 325 g/mol. The summed E-state index contributed by atoms with van der Waals surface area (Å²) in [5, 5.41) is 13.1. The molecule has 0 spiro atoms. The highest BCUT2D eigenvalue weighted by Crippen LogP contribution is 2.20. The van der Waals surface area contributed by atoms with Gasteiger partial charge in [0, 0.05) is 10.7 Å². The second-order valence-electron chi connectivity index (χ2n) is 2.88. The molecule has 15 heavy (non-hydrogen) atoms. The van der Waals surface area contributed by atoms with Gasteiger partial charge in [-0.2, -0.15) is 10.4 Å². The maximum absolute atomic E-state index is 8.99. The Labute approximate surface area is 104 Å². The predicted octanol–water partition coefficient (Wildman–Crippen LogP) is 3.27. The first-order valence-corrected chi connectivity index (χ1v) is 5.69. The summed E-state index contributed by atoms with van der Waals surface area (Å²) in [5.41, 5.74) is 1.35. The van der Waals surface area contributed by atoms with Crippen LogP contribution in [0.1, 0.15) is 5.56 Å². The summed E-state index contributed by atoms with van der Waals surface area (Å²) in [6, 6.07) is 7.64. The van der Waals surface area contributed by atoms with Gasteiger partial charge in [-0.1, -0.05) is 15.9 Å². The molecule has 0 aliphatic rings. The molecule has 2 aromatic rings. The van der Waals surface area contributed by atoms with Gasteiger partial charge in [-0.15, -0.1) is 0 Å². The molecule has 0 N–H and O–H groups in total. The number of nitriles is 1. The van der Waals surface area contributed by atoms with E-state index in [0.29, 0.717) is 5.56 Å². The van der Waals surface area contributed by atoms with E-state index in [2.05, 4.69) is 43.0 Å². The normalized spacial score (nSPS) is 9.93. The van der Waals surface area contributed by atoms with E-state index in [1.54, 1.807) is 16.9 Å². The molecule has 5 heteroatoms. The first kappa shape index (κ1) is 10.4. The molecule has 0 unspecified atom stereocenters.